The van der Waals surface area contributed by atoms with Gasteiger partial charge >= 0.3 is 6.18 Å². The van der Waals surface area contributed by atoms with Crippen molar-refractivity contribution in [2.75, 3.05) is 6.54 Å². The summed E-state index contributed by atoms with van der Waals surface area (Å²) in [4.78, 5) is 12.5. The van der Waals surface area contributed by atoms with Crippen LogP contribution in [-0.2, 0) is 6.18 Å². The quantitative estimate of drug-likeness (QED) is 0.786. The van der Waals surface area contributed by atoms with Crippen molar-refractivity contribution in [1.82, 2.24) is 15.1 Å². The summed E-state index contributed by atoms with van der Waals surface area (Å²) < 4.78 is 41.8. The zero-order valence-electron chi connectivity index (χ0n) is 14.8. The van der Waals surface area contributed by atoms with Crippen molar-refractivity contribution in [2.45, 2.75) is 45.3 Å². The highest BCUT2D eigenvalue weighted by Crippen LogP contribution is 2.34. The minimum atomic E-state index is -4.73. The van der Waals surface area contributed by atoms with Crippen molar-refractivity contribution in [1.29, 1.82) is 0 Å². The first-order chi connectivity index (χ1) is 12.3. The number of nitrogens with two attached hydrogens (primary N) is 1. The van der Waals surface area contributed by atoms with Crippen LogP contribution in [0.2, 0.25) is 0 Å². The van der Waals surface area contributed by atoms with E-state index >= 15 is 0 Å². The fourth-order valence-corrected chi connectivity index (χ4v) is 2.73. The average molecular weight is 368 g/mol. The summed E-state index contributed by atoms with van der Waals surface area (Å²) in [6.07, 6.45) is -1.42. The summed E-state index contributed by atoms with van der Waals surface area (Å²) in [6.45, 7) is 3.84. The second-order valence-electron chi connectivity index (χ2n) is 6.15. The second-order valence-corrected chi connectivity index (χ2v) is 6.15. The standard InChI is InChI=1S/C18H23F3N4O/c1-3-4-8-13(10-22)24-17(26)14-11-23-25(16(14)18(19,20)21)15-9-6-5-7-12(15)2/h5-7,9,11,13H,3-4,8,10,22H2,1-2H3,(H,24,26). The molecule has 3 N–H and O–H groups in total. The van der Waals surface area contributed by atoms with Crippen molar-refractivity contribution < 1.29 is 18.0 Å². The maximum absolute atomic E-state index is 13.7. The highest BCUT2D eigenvalue weighted by Gasteiger charge is 2.41. The van der Waals surface area contributed by atoms with E-state index in [4.69, 9.17) is 5.73 Å². The van der Waals surface area contributed by atoms with Gasteiger partial charge in [-0.2, -0.15) is 18.3 Å². The Balaban J connectivity index is 2.41. The number of carbonyl (C=O) groups excluding carboxylic acids is 1. The molecule has 0 aliphatic heterocycles. The first kappa shape index (κ1) is 20.0. The van der Waals surface area contributed by atoms with Gasteiger partial charge < -0.3 is 11.1 Å². The van der Waals surface area contributed by atoms with Gasteiger partial charge in [0.05, 0.1) is 17.4 Å². The maximum atomic E-state index is 13.7. The van der Waals surface area contributed by atoms with Crippen molar-refractivity contribution in [2.24, 2.45) is 5.73 Å². The molecule has 0 saturated carbocycles. The summed E-state index contributed by atoms with van der Waals surface area (Å²) in [5.74, 6) is -0.816. The smallest absolute Gasteiger partial charge is 0.348 e. The van der Waals surface area contributed by atoms with Crippen molar-refractivity contribution >= 4 is 5.91 Å². The molecule has 2 aromatic rings. The Labute approximate surface area is 150 Å². The second kappa shape index (κ2) is 8.35. The largest absolute Gasteiger partial charge is 0.434 e. The number of hydrogen-bond donors (Lipinski definition) is 2. The number of aromatic nitrogens is 2. The van der Waals surface area contributed by atoms with Crippen LogP contribution in [-0.4, -0.2) is 28.3 Å². The number of aryl methyl sites for hydroxylation is 1. The third-order valence-electron chi connectivity index (χ3n) is 4.15. The van der Waals surface area contributed by atoms with E-state index < -0.39 is 23.3 Å². The Bertz CT molecular complexity index is 755. The third-order valence-corrected chi connectivity index (χ3v) is 4.15. The fourth-order valence-electron chi connectivity index (χ4n) is 2.73. The molecule has 0 aliphatic carbocycles. The van der Waals surface area contributed by atoms with E-state index in [9.17, 15) is 18.0 Å². The molecule has 1 aromatic heterocycles. The van der Waals surface area contributed by atoms with Gasteiger partial charge in [-0.05, 0) is 25.0 Å². The molecule has 8 heteroatoms. The lowest BCUT2D eigenvalue weighted by Crippen LogP contribution is -2.40. The summed E-state index contributed by atoms with van der Waals surface area (Å²) >= 11 is 0. The van der Waals surface area contributed by atoms with Gasteiger partial charge in [-0.3, -0.25) is 4.79 Å². The number of alkyl halides is 3. The first-order valence-corrected chi connectivity index (χ1v) is 8.51. The normalized spacial score (nSPS) is 12.8. The molecule has 5 nitrogen and oxygen atoms in total. The lowest BCUT2D eigenvalue weighted by atomic mass is 10.1. The summed E-state index contributed by atoms with van der Waals surface area (Å²) in [7, 11) is 0. The first-order valence-electron chi connectivity index (χ1n) is 8.51. The van der Waals surface area contributed by atoms with Crippen molar-refractivity contribution in [3.63, 3.8) is 0 Å². The Morgan fingerprint density at radius 3 is 2.62 bits per heavy atom. The highest BCUT2D eigenvalue weighted by atomic mass is 19.4. The minimum absolute atomic E-state index is 0.166. The van der Waals surface area contributed by atoms with Crippen LogP contribution in [0, 0.1) is 6.92 Å². The molecule has 0 saturated heterocycles. The van der Waals surface area contributed by atoms with Crippen LogP contribution in [0.4, 0.5) is 13.2 Å². The van der Waals surface area contributed by atoms with Gasteiger partial charge in [-0.25, -0.2) is 4.68 Å². The van der Waals surface area contributed by atoms with Crippen LogP contribution in [0.1, 0.15) is 47.8 Å². The average Bonchev–Trinajstić information content (AvgIpc) is 3.04. The third kappa shape index (κ3) is 4.43. The van der Waals surface area contributed by atoms with E-state index in [0.717, 1.165) is 23.7 Å². The van der Waals surface area contributed by atoms with Gasteiger partial charge in [0, 0.05) is 12.6 Å². The SMILES string of the molecule is CCCCC(CN)NC(=O)c1cnn(-c2ccccc2C)c1C(F)(F)F. The van der Waals surface area contributed by atoms with Crippen LogP contribution in [0.25, 0.3) is 5.69 Å². The molecule has 0 spiro atoms. The van der Waals surface area contributed by atoms with Gasteiger partial charge in [0.25, 0.3) is 5.91 Å². The molecule has 0 aliphatic rings. The number of rotatable bonds is 7. The monoisotopic (exact) mass is 368 g/mol. The Morgan fingerprint density at radius 2 is 2.04 bits per heavy atom. The summed E-state index contributed by atoms with van der Waals surface area (Å²) in [5.41, 5.74) is 4.93. The van der Waals surface area contributed by atoms with Crippen molar-refractivity contribution in [3.8, 4) is 5.69 Å². The van der Waals surface area contributed by atoms with Crippen LogP contribution in [0.5, 0.6) is 0 Å². The van der Waals surface area contributed by atoms with E-state index in [0.29, 0.717) is 12.0 Å². The predicted molar refractivity (Wildman–Crippen MR) is 93.1 cm³/mol. The van der Waals surface area contributed by atoms with Crippen LogP contribution in [0.3, 0.4) is 0 Å². The van der Waals surface area contributed by atoms with E-state index in [2.05, 4.69) is 10.4 Å². The van der Waals surface area contributed by atoms with Gasteiger partial charge in [-0.15, -0.1) is 0 Å². The zero-order valence-corrected chi connectivity index (χ0v) is 14.8. The van der Waals surface area contributed by atoms with Crippen LogP contribution >= 0.6 is 0 Å². The van der Waals surface area contributed by atoms with E-state index in [1.54, 1.807) is 25.1 Å². The number of amides is 1. The zero-order chi connectivity index (χ0) is 19.3. The maximum Gasteiger partial charge on any atom is 0.434 e. The lowest BCUT2D eigenvalue weighted by Gasteiger charge is -2.18. The summed E-state index contributed by atoms with van der Waals surface area (Å²) in [6, 6.07) is 6.20. The number of hydrogen-bond acceptors (Lipinski definition) is 3. The molecule has 0 fully saturated rings. The number of para-hydroxylation sites is 1. The Hall–Kier alpha value is -2.35. The van der Waals surface area contributed by atoms with Gasteiger partial charge in [0.2, 0.25) is 0 Å². The molecule has 1 aromatic carbocycles. The molecular weight excluding hydrogens is 345 g/mol. The number of halogens is 3. The van der Waals surface area contributed by atoms with Gasteiger partial charge in [0.15, 0.2) is 5.69 Å². The summed E-state index contributed by atoms with van der Waals surface area (Å²) in [5, 5.41) is 6.43. The number of benzene rings is 1. The van der Waals surface area contributed by atoms with E-state index in [1.165, 1.54) is 6.07 Å². The molecular formula is C18H23F3N4O. The number of unbranched alkanes of at least 4 members (excludes halogenated alkanes) is 1. The molecule has 1 atom stereocenters. The van der Waals surface area contributed by atoms with Crippen molar-refractivity contribution in [3.05, 3.63) is 47.3 Å². The topological polar surface area (TPSA) is 72.9 Å². The fraction of sp³-hybridized carbons (Fsp3) is 0.444. The number of nitrogens with one attached hydrogen (secondary N) is 1. The molecule has 142 valence electrons. The lowest BCUT2D eigenvalue weighted by molar-refractivity contribution is -0.143. The minimum Gasteiger partial charge on any atom is -0.348 e. The van der Waals surface area contributed by atoms with Gasteiger partial charge in [0.1, 0.15) is 0 Å². The van der Waals surface area contributed by atoms with Crippen LogP contribution < -0.4 is 11.1 Å². The van der Waals surface area contributed by atoms with E-state index in [1.807, 2.05) is 6.92 Å². The molecule has 0 radical (unpaired) electrons. The Kier molecular flexibility index (Phi) is 6.42. The molecule has 2 rings (SSSR count). The molecule has 0 bridgehead atoms. The molecule has 1 unspecified atom stereocenters. The van der Waals surface area contributed by atoms with Crippen LogP contribution in [0.15, 0.2) is 30.5 Å². The molecule has 26 heavy (non-hydrogen) atoms. The Morgan fingerprint density at radius 1 is 1.35 bits per heavy atom. The molecule has 1 heterocycles. The van der Waals surface area contributed by atoms with Gasteiger partial charge in [-0.1, -0.05) is 38.0 Å². The number of carbonyl (C=O) groups is 1. The molecule has 1 amide bonds. The predicted octanol–water partition coefficient (Wildman–Crippen LogP) is 3.45. The highest BCUT2D eigenvalue weighted by molar-refractivity contribution is 5.95. The number of nitrogens with zero attached hydrogens (tertiary/aromatic N) is 2. The van der Waals surface area contributed by atoms with E-state index in [-0.39, 0.29) is 18.3 Å².